The van der Waals surface area contributed by atoms with E-state index in [0.717, 1.165) is 33.2 Å². The number of benzene rings is 3. The van der Waals surface area contributed by atoms with Gasteiger partial charge >= 0.3 is 0 Å². The fourth-order valence-electron chi connectivity index (χ4n) is 7.23. The first-order chi connectivity index (χ1) is 17.4. The van der Waals surface area contributed by atoms with Crippen LogP contribution in [-0.4, -0.2) is 17.6 Å². The molecule has 4 nitrogen and oxygen atoms in total. The van der Waals surface area contributed by atoms with Crippen LogP contribution in [-0.2, 0) is 14.4 Å². The van der Waals surface area contributed by atoms with Gasteiger partial charge in [-0.2, -0.15) is 0 Å². The highest BCUT2D eigenvalue weighted by atomic mass is 79.9. The number of hydrogen-bond acceptors (Lipinski definition) is 3. The molecule has 3 aromatic carbocycles. The summed E-state index contributed by atoms with van der Waals surface area (Å²) < 4.78 is 0.791. The average molecular weight is 540 g/mol. The van der Waals surface area contributed by atoms with E-state index >= 15 is 0 Å². The lowest BCUT2D eigenvalue weighted by Gasteiger charge is -2.37. The van der Waals surface area contributed by atoms with Gasteiger partial charge in [0.1, 0.15) is 0 Å². The molecule has 4 atom stereocenters. The van der Waals surface area contributed by atoms with E-state index in [9.17, 15) is 14.4 Å². The zero-order chi connectivity index (χ0) is 25.2. The van der Waals surface area contributed by atoms with Crippen molar-refractivity contribution in [1.82, 2.24) is 0 Å². The Bertz CT molecular complexity index is 1450. The molecule has 0 unspecified atom stereocenters. The van der Waals surface area contributed by atoms with Crippen LogP contribution in [0.25, 0.3) is 11.1 Å². The molecule has 0 radical (unpaired) electrons. The Labute approximate surface area is 219 Å². The number of ketones is 1. The molecule has 5 heteroatoms. The van der Waals surface area contributed by atoms with Gasteiger partial charge in [0.05, 0.1) is 28.4 Å². The summed E-state index contributed by atoms with van der Waals surface area (Å²) in [4.78, 5) is 44.3. The molecular formula is C31H26BrNO3. The fraction of sp³-hybridized carbons (Fsp3) is 0.258. The highest BCUT2D eigenvalue weighted by Crippen LogP contribution is 2.75. The molecule has 1 saturated carbocycles. The number of imide groups is 1. The number of carbonyl (C=O) groups is 3. The van der Waals surface area contributed by atoms with Gasteiger partial charge in [-0.1, -0.05) is 96.0 Å². The lowest BCUT2D eigenvalue weighted by Crippen LogP contribution is -2.41. The van der Waals surface area contributed by atoms with E-state index in [4.69, 9.17) is 0 Å². The third-order valence-electron chi connectivity index (χ3n) is 8.39. The first-order valence-corrected chi connectivity index (χ1v) is 13.2. The molecule has 3 aliphatic rings. The zero-order valence-corrected chi connectivity index (χ0v) is 21.8. The van der Waals surface area contributed by atoms with E-state index in [1.807, 2.05) is 86.6 Å². The van der Waals surface area contributed by atoms with Gasteiger partial charge in [0.2, 0.25) is 11.8 Å². The molecule has 1 heterocycles. The second-order valence-corrected chi connectivity index (χ2v) is 11.1. The molecule has 2 bridgehead atoms. The molecule has 2 aliphatic carbocycles. The van der Waals surface area contributed by atoms with Crippen LogP contribution in [0.15, 0.2) is 89.4 Å². The van der Waals surface area contributed by atoms with Gasteiger partial charge in [0.15, 0.2) is 5.78 Å². The standard InChI is InChI=1S/C31H26BrNO3/c1-3-17-31-24(20-13-8-5-9-14-20)23(19-11-6-4-7-12-19)30(2,29(31)36)25-26(31)28(35)33(27(25)34)22-16-10-15-21(32)18-22/h4-16,18,25-26H,3,17H2,1-2H3/t25-,26-,30-,31-/m0/s1. The Morgan fingerprint density at radius 3 is 1.94 bits per heavy atom. The number of carbonyl (C=O) groups excluding carboxylic acids is 3. The van der Waals surface area contributed by atoms with Crippen LogP contribution in [0, 0.1) is 22.7 Å². The molecule has 180 valence electrons. The van der Waals surface area contributed by atoms with Gasteiger partial charge in [-0.05, 0) is 53.8 Å². The molecule has 0 N–H and O–H groups in total. The van der Waals surface area contributed by atoms with Gasteiger partial charge in [0, 0.05) is 4.47 Å². The summed E-state index contributed by atoms with van der Waals surface area (Å²) in [5.74, 6) is -1.98. The lowest BCUT2D eigenvalue weighted by atomic mass is 9.61. The highest BCUT2D eigenvalue weighted by Gasteiger charge is 2.80. The fourth-order valence-corrected chi connectivity index (χ4v) is 7.62. The van der Waals surface area contributed by atoms with Crippen molar-refractivity contribution in [2.45, 2.75) is 26.7 Å². The summed E-state index contributed by atoms with van der Waals surface area (Å²) in [5, 5.41) is 0. The molecule has 2 amide bonds. The Kier molecular flexibility index (Phi) is 5.20. The second kappa shape index (κ2) is 8.10. The van der Waals surface area contributed by atoms with Crippen LogP contribution in [0.2, 0.25) is 0 Å². The highest BCUT2D eigenvalue weighted by molar-refractivity contribution is 9.10. The van der Waals surface area contributed by atoms with Crippen LogP contribution in [0.3, 0.4) is 0 Å². The number of anilines is 1. The van der Waals surface area contributed by atoms with E-state index in [1.54, 1.807) is 12.1 Å². The molecule has 1 aliphatic heterocycles. The van der Waals surface area contributed by atoms with Gasteiger partial charge in [-0.3, -0.25) is 14.4 Å². The summed E-state index contributed by atoms with van der Waals surface area (Å²) in [6.07, 6.45) is 1.25. The van der Waals surface area contributed by atoms with E-state index in [2.05, 4.69) is 15.9 Å². The monoisotopic (exact) mass is 539 g/mol. The molecule has 0 spiro atoms. The largest absolute Gasteiger partial charge is 0.298 e. The van der Waals surface area contributed by atoms with Crippen LogP contribution < -0.4 is 4.90 Å². The number of Topliss-reactive ketones (excluding diaryl/α,β-unsaturated/α-hetero) is 1. The Balaban J connectivity index is 1.66. The normalized spacial score (nSPS) is 28.9. The van der Waals surface area contributed by atoms with Crippen molar-refractivity contribution >= 4 is 50.4 Å². The number of rotatable bonds is 5. The number of amides is 2. The SMILES string of the molecule is CCC[C@]12C(=O)[C@@](C)(C(c3ccccc3)=C1c1ccccc1)[C@@H]1C(=O)N(c3cccc(Br)c3)C(=O)[C@H]12. The van der Waals surface area contributed by atoms with Crippen LogP contribution in [0.4, 0.5) is 5.69 Å². The summed E-state index contributed by atoms with van der Waals surface area (Å²) >= 11 is 3.47. The molecule has 0 aromatic heterocycles. The molecule has 3 aromatic rings. The number of nitrogens with zero attached hydrogens (tertiary/aromatic N) is 1. The summed E-state index contributed by atoms with van der Waals surface area (Å²) in [6.45, 7) is 3.95. The van der Waals surface area contributed by atoms with E-state index in [0.29, 0.717) is 12.1 Å². The smallest absolute Gasteiger partial charge is 0.239 e. The van der Waals surface area contributed by atoms with Crippen LogP contribution in [0.5, 0.6) is 0 Å². The zero-order valence-electron chi connectivity index (χ0n) is 20.2. The average Bonchev–Trinajstić information content (AvgIpc) is 3.35. The molecule has 1 saturated heterocycles. The second-order valence-electron chi connectivity index (χ2n) is 10.2. The van der Waals surface area contributed by atoms with Crippen molar-refractivity contribution in [2.75, 3.05) is 4.90 Å². The molecular weight excluding hydrogens is 514 g/mol. The Morgan fingerprint density at radius 2 is 1.36 bits per heavy atom. The minimum atomic E-state index is -1.10. The van der Waals surface area contributed by atoms with Crippen molar-refractivity contribution in [3.05, 3.63) is 101 Å². The van der Waals surface area contributed by atoms with E-state index in [-0.39, 0.29) is 17.6 Å². The number of allylic oxidation sites excluding steroid dienone is 2. The predicted octanol–water partition coefficient (Wildman–Crippen LogP) is 6.55. The summed E-state index contributed by atoms with van der Waals surface area (Å²) in [7, 11) is 0. The minimum absolute atomic E-state index is 0.0140. The third kappa shape index (κ3) is 2.78. The van der Waals surface area contributed by atoms with Crippen molar-refractivity contribution in [3.63, 3.8) is 0 Å². The topological polar surface area (TPSA) is 54.5 Å². The maximum Gasteiger partial charge on any atom is 0.239 e. The van der Waals surface area contributed by atoms with Gasteiger partial charge in [-0.15, -0.1) is 0 Å². The molecule has 2 fully saturated rings. The maximum absolute atomic E-state index is 14.6. The van der Waals surface area contributed by atoms with Gasteiger partial charge in [0.25, 0.3) is 0 Å². The number of hydrogen-bond donors (Lipinski definition) is 0. The molecule has 6 rings (SSSR count). The van der Waals surface area contributed by atoms with Crippen molar-refractivity contribution < 1.29 is 14.4 Å². The minimum Gasteiger partial charge on any atom is -0.298 e. The van der Waals surface area contributed by atoms with Gasteiger partial charge < -0.3 is 0 Å². The Morgan fingerprint density at radius 1 is 0.778 bits per heavy atom. The molecule has 36 heavy (non-hydrogen) atoms. The first kappa shape index (κ1) is 23.1. The quantitative estimate of drug-likeness (QED) is 0.345. The number of fused-ring (bicyclic) bond motifs is 5. The van der Waals surface area contributed by atoms with Crippen molar-refractivity contribution in [1.29, 1.82) is 0 Å². The van der Waals surface area contributed by atoms with E-state index in [1.165, 1.54) is 4.90 Å². The van der Waals surface area contributed by atoms with Crippen molar-refractivity contribution in [3.8, 4) is 0 Å². The predicted molar refractivity (Wildman–Crippen MR) is 144 cm³/mol. The first-order valence-electron chi connectivity index (χ1n) is 12.4. The lowest BCUT2D eigenvalue weighted by molar-refractivity contribution is -0.134. The third-order valence-corrected chi connectivity index (χ3v) is 8.88. The van der Waals surface area contributed by atoms with Gasteiger partial charge in [-0.25, -0.2) is 4.90 Å². The van der Waals surface area contributed by atoms with Crippen molar-refractivity contribution in [2.24, 2.45) is 22.7 Å². The number of halogens is 1. The summed E-state index contributed by atoms with van der Waals surface area (Å²) in [6, 6.07) is 27.1. The maximum atomic E-state index is 14.6. The van der Waals surface area contributed by atoms with Crippen LogP contribution >= 0.6 is 15.9 Å². The summed E-state index contributed by atoms with van der Waals surface area (Å²) in [5.41, 5.74) is 2.09. The van der Waals surface area contributed by atoms with Crippen LogP contribution in [0.1, 0.15) is 37.8 Å². The Hall–Kier alpha value is -3.31. The van der Waals surface area contributed by atoms with E-state index < -0.39 is 22.7 Å².